The molecule has 0 aliphatic heterocycles. The third-order valence-corrected chi connectivity index (χ3v) is 3.30. The molecule has 0 aliphatic carbocycles. The van der Waals surface area contributed by atoms with Crippen LogP contribution in [-0.4, -0.2) is 4.98 Å². The van der Waals surface area contributed by atoms with Crippen molar-refractivity contribution in [1.82, 2.24) is 4.98 Å². The number of halogens is 1. The molecule has 3 aromatic rings. The van der Waals surface area contributed by atoms with Crippen LogP contribution in [0.3, 0.4) is 0 Å². The zero-order valence-corrected chi connectivity index (χ0v) is 11.4. The molecule has 102 valence electrons. The summed E-state index contributed by atoms with van der Waals surface area (Å²) < 4.78 is 4.95. The van der Waals surface area contributed by atoms with Gasteiger partial charge >= 0.3 is 5.76 Å². The number of anilines is 3. The van der Waals surface area contributed by atoms with Gasteiger partial charge in [-0.3, -0.25) is 4.98 Å². The molecule has 6 heteroatoms. The van der Waals surface area contributed by atoms with Crippen molar-refractivity contribution in [3.63, 3.8) is 0 Å². The van der Waals surface area contributed by atoms with E-state index < -0.39 is 5.76 Å². The van der Waals surface area contributed by atoms with Crippen LogP contribution >= 0.6 is 11.6 Å². The molecule has 0 atom stereocenters. The average molecular weight is 290 g/mol. The third-order valence-electron chi connectivity index (χ3n) is 2.99. The monoisotopic (exact) mass is 289 g/mol. The molecule has 0 spiro atoms. The Hall–Kier alpha value is -2.40. The number of aromatic nitrogens is 1. The predicted molar refractivity (Wildman–Crippen MR) is 80.7 cm³/mol. The topological polar surface area (TPSA) is 84.0 Å². The fourth-order valence-corrected chi connectivity index (χ4v) is 2.27. The second-order valence-electron chi connectivity index (χ2n) is 4.56. The maximum Gasteiger partial charge on any atom is 0.417 e. The lowest BCUT2D eigenvalue weighted by atomic mass is 10.2. The largest absolute Gasteiger partial charge is 0.417 e. The van der Waals surface area contributed by atoms with Crippen molar-refractivity contribution in [3.8, 4) is 0 Å². The van der Waals surface area contributed by atoms with Gasteiger partial charge in [-0.1, -0.05) is 17.7 Å². The number of nitrogen functional groups attached to an aromatic ring is 1. The Morgan fingerprint density at radius 2 is 2.05 bits per heavy atom. The molecule has 0 fully saturated rings. The van der Waals surface area contributed by atoms with Crippen LogP contribution in [0.1, 0.15) is 5.56 Å². The van der Waals surface area contributed by atoms with Gasteiger partial charge in [0, 0.05) is 6.07 Å². The van der Waals surface area contributed by atoms with Crippen molar-refractivity contribution in [3.05, 3.63) is 51.5 Å². The smallest absolute Gasteiger partial charge is 0.408 e. The summed E-state index contributed by atoms with van der Waals surface area (Å²) in [6, 6.07) is 8.99. The van der Waals surface area contributed by atoms with Gasteiger partial charge < -0.3 is 15.5 Å². The van der Waals surface area contributed by atoms with E-state index in [4.69, 9.17) is 21.8 Å². The van der Waals surface area contributed by atoms with Gasteiger partial charge in [0.05, 0.1) is 27.6 Å². The Labute approximate surface area is 119 Å². The molecule has 0 unspecified atom stereocenters. The van der Waals surface area contributed by atoms with E-state index in [1.165, 1.54) is 0 Å². The molecule has 0 bridgehead atoms. The minimum atomic E-state index is -0.509. The molecule has 0 radical (unpaired) electrons. The van der Waals surface area contributed by atoms with Crippen molar-refractivity contribution in [1.29, 1.82) is 0 Å². The third kappa shape index (κ3) is 2.23. The highest BCUT2D eigenvalue weighted by Crippen LogP contribution is 2.31. The zero-order chi connectivity index (χ0) is 14.3. The summed E-state index contributed by atoms with van der Waals surface area (Å²) in [5.74, 6) is -0.509. The predicted octanol–water partition coefficient (Wildman–Crippen LogP) is 3.41. The molecular formula is C14H12ClN3O2. The molecule has 2 aromatic carbocycles. The van der Waals surface area contributed by atoms with E-state index in [0.717, 1.165) is 11.3 Å². The number of aromatic amines is 1. The Kier molecular flexibility index (Phi) is 2.91. The highest BCUT2D eigenvalue weighted by atomic mass is 35.5. The van der Waals surface area contributed by atoms with E-state index in [-0.39, 0.29) is 0 Å². The van der Waals surface area contributed by atoms with Crippen LogP contribution in [0.5, 0.6) is 0 Å². The van der Waals surface area contributed by atoms with E-state index >= 15 is 0 Å². The SMILES string of the molecule is Cc1ccc(Nc2cc3[nH]c(=O)oc3cc2N)c(Cl)c1. The Morgan fingerprint density at radius 3 is 2.80 bits per heavy atom. The molecular weight excluding hydrogens is 278 g/mol. The van der Waals surface area contributed by atoms with Crippen LogP contribution in [-0.2, 0) is 0 Å². The lowest BCUT2D eigenvalue weighted by Gasteiger charge is -2.11. The minimum Gasteiger partial charge on any atom is -0.408 e. The number of hydrogen-bond acceptors (Lipinski definition) is 4. The van der Waals surface area contributed by atoms with Crippen molar-refractivity contribution in [2.75, 3.05) is 11.1 Å². The van der Waals surface area contributed by atoms with Gasteiger partial charge in [-0.25, -0.2) is 4.79 Å². The maximum atomic E-state index is 11.2. The molecule has 0 aliphatic rings. The molecule has 3 rings (SSSR count). The first-order chi connectivity index (χ1) is 9.52. The number of benzene rings is 2. The Balaban J connectivity index is 2.05. The summed E-state index contributed by atoms with van der Waals surface area (Å²) in [5, 5.41) is 3.75. The molecule has 1 heterocycles. The second kappa shape index (κ2) is 4.61. The quantitative estimate of drug-likeness (QED) is 0.631. The number of hydrogen-bond donors (Lipinski definition) is 3. The molecule has 0 saturated heterocycles. The van der Waals surface area contributed by atoms with Crippen molar-refractivity contribution in [2.24, 2.45) is 0 Å². The number of nitrogens with two attached hydrogens (primary N) is 1. The van der Waals surface area contributed by atoms with Gasteiger partial charge in [-0.15, -0.1) is 0 Å². The highest BCUT2D eigenvalue weighted by Gasteiger charge is 2.08. The van der Waals surface area contributed by atoms with Crippen LogP contribution in [0.4, 0.5) is 17.1 Å². The van der Waals surface area contributed by atoms with E-state index in [9.17, 15) is 4.79 Å². The molecule has 4 N–H and O–H groups in total. The van der Waals surface area contributed by atoms with Gasteiger partial charge in [0.1, 0.15) is 0 Å². The van der Waals surface area contributed by atoms with Crippen LogP contribution < -0.4 is 16.8 Å². The first-order valence-electron chi connectivity index (χ1n) is 5.98. The zero-order valence-electron chi connectivity index (χ0n) is 10.7. The Morgan fingerprint density at radius 1 is 1.25 bits per heavy atom. The van der Waals surface area contributed by atoms with Crippen LogP contribution in [0.15, 0.2) is 39.5 Å². The van der Waals surface area contributed by atoms with E-state index in [2.05, 4.69) is 10.3 Å². The van der Waals surface area contributed by atoms with Gasteiger partial charge in [0.15, 0.2) is 5.58 Å². The van der Waals surface area contributed by atoms with Gasteiger partial charge in [0.2, 0.25) is 0 Å². The van der Waals surface area contributed by atoms with E-state index in [0.29, 0.717) is 27.5 Å². The van der Waals surface area contributed by atoms with Crippen molar-refractivity contribution >= 4 is 39.8 Å². The summed E-state index contributed by atoms with van der Waals surface area (Å²) in [6.45, 7) is 1.96. The van der Waals surface area contributed by atoms with Crippen LogP contribution in [0.2, 0.25) is 5.02 Å². The van der Waals surface area contributed by atoms with Crippen molar-refractivity contribution < 1.29 is 4.42 Å². The number of aryl methyl sites for hydroxylation is 1. The fourth-order valence-electron chi connectivity index (χ4n) is 1.99. The molecule has 0 saturated carbocycles. The standard InChI is InChI=1S/C14H12ClN3O2/c1-7-2-3-10(8(15)4-7)17-11-6-12-13(5-9(11)16)20-14(19)18-12/h2-6,17H,16H2,1H3,(H,18,19). The lowest BCUT2D eigenvalue weighted by molar-refractivity contribution is 0.555. The molecule has 5 nitrogen and oxygen atoms in total. The normalized spacial score (nSPS) is 10.9. The lowest BCUT2D eigenvalue weighted by Crippen LogP contribution is -1.97. The Bertz CT molecular complexity index is 851. The summed E-state index contributed by atoms with van der Waals surface area (Å²) in [7, 11) is 0. The minimum absolute atomic E-state index is 0.424. The van der Waals surface area contributed by atoms with Crippen molar-refractivity contribution in [2.45, 2.75) is 6.92 Å². The molecule has 0 amide bonds. The van der Waals surface area contributed by atoms with E-state index in [1.54, 1.807) is 12.1 Å². The summed E-state index contributed by atoms with van der Waals surface area (Å²) in [6.07, 6.45) is 0. The highest BCUT2D eigenvalue weighted by molar-refractivity contribution is 6.33. The molecule has 20 heavy (non-hydrogen) atoms. The number of rotatable bonds is 2. The first kappa shape index (κ1) is 12.6. The summed E-state index contributed by atoms with van der Waals surface area (Å²) in [5.41, 5.74) is 9.88. The average Bonchev–Trinajstić information content (AvgIpc) is 2.72. The summed E-state index contributed by atoms with van der Waals surface area (Å²) >= 11 is 6.17. The number of H-pyrrole nitrogens is 1. The fraction of sp³-hybridized carbons (Fsp3) is 0.0714. The summed E-state index contributed by atoms with van der Waals surface area (Å²) in [4.78, 5) is 13.7. The number of nitrogens with one attached hydrogen (secondary N) is 2. The number of fused-ring (bicyclic) bond motifs is 1. The van der Waals surface area contributed by atoms with Gasteiger partial charge in [0.25, 0.3) is 0 Å². The van der Waals surface area contributed by atoms with Crippen LogP contribution in [0.25, 0.3) is 11.1 Å². The first-order valence-corrected chi connectivity index (χ1v) is 6.36. The van der Waals surface area contributed by atoms with Gasteiger partial charge in [-0.05, 0) is 30.7 Å². The molecule has 1 aromatic heterocycles. The van der Waals surface area contributed by atoms with E-state index in [1.807, 2.05) is 25.1 Å². The van der Waals surface area contributed by atoms with Crippen LogP contribution in [0, 0.1) is 6.92 Å². The maximum absolute atomic E-state index is 11.2. The second-order valence-corrected chi connectivity index (χ2v) is 4.97. The number of oxazole rings is 1. The van der Waals surface area contributed by atoms with Gasteiger partial charge in [-0.2, -0.15) is 0 Å².